The van der Waals surface area contributed by atoms with Crippen LogP contribution in [0.2, 0.25) is 0 Å². The summed E-state index contributed by atoms with van der Waals surface area (Å²) in [5.74, 6) is -0.300. The van der Waals surface area contributed by atoms with E-state index in [4.69, 9.17) is 10.5 Å². The molecule has 0 aliphatic carbocycles. The van der Waals surface area contributed by atoms with Crippen molar-refractivity contribution in [3.05, 3.63) is 54.1 Å². The Hall–Kier alpha value is -2.42. The molecule has 0 atom stereocenters. The number of rotatable bonds is 5. The fraction of sp³-hybridized carbons (Fsp3) is 0.316. The topological polar surface area (TPSA) is 111 Å². The van der Waals surface area contributed by atoms with E-state index >= 15 is 0 Å². The third-order valence-electron chi connectivity index (χ3n) is 4.63. The second-order valence-corrected chi connectivity index (χ2v) is 8.35. The smallest absolute Gasteiger partial charge is 0.261 e. The number of aryl methyl sites for hydroxylation is 1. The first-order chi connectivity index (χ1) is 12.8. The Morgan fingerprint density at radius 3 is 2.44 bits per heavy atom. The van der Waals surface area contributed by atoms with Crippen LogP contribution in [0.5, 0.6) is 0 Å². The van der Waals surface area contributed by atoms with Gasteiger partial charge in [0.25, 0.3) is 10.0 Å². The predicted octanol–water partition coefficient (Wildman–Crippen LogP) is 2.24. The van der Waals surface area contributed by atoms with Crippen LogP contribution in [0.4, 0.5) is 11.4 Å². The summed E-state index contributed by atoms with van der Waals surface area (Å²) < 4.78 is 32.9. The second-order valence-electron chi connectivity index (χ2n) is 6.67. The van der Waals surface area contributed by atoms with E-state index < -0.39 is 15.6 Å². The van der Waals surface area contributed by atoms with Crippen molar-refractivity contribution < 1.29 is 17.9 Å². The summed E-state index contributed by atoms with van der Waals surface area (Å²) >= 11 is 0. The van der Waals surface area contributed by atoms with Crippen molar-refractivity contribution in [1.82, 2.24) is 0 Å². The Morgan fingerprint density at radius 2 is 1.78 bits per heavy atom. The molecule has 27 heavy (non-hydrogen) atoms. The van der Waals surface area contributed by atoms with Crippen LogP contribution in [0.25, 0.3) is 0 Å². The maximum Gasteiger partial charge on any atom is 0.261 e. The molecule has 1 saturated heterocycles. The number of carbonyl (C=O) groups is 1. The molecule has 0 unspecified atom stereocenters. The molecule has 0 aromatic heterocycles. The molecule has 8 heteroatoms. The monoisotopic (exact) mass is 389 g/mol. The van der Waals surface area contributed by atoms with Crippen LogP contribution in [0, 0.1) is 6.92 Å². The predicted molar refractivity (Wildman–Crippen MR) is 104 cm³/mol. The molecule has 1 fully saturated rings. The van der Waals surface area contributed by atoms with Gasteiger partial charge in [-0.1, -0.05) is 24.3 Å². The minimum atomic E-state index is -3.72. The minimum Gasteiger partial charge on any atom is -0.381 e. The highest BCUT2D eigenvalue weighted by Gasteiger charge is 2.36. The molecule has 1 aliphatic rings. The summed E-state index contributed by atoms with van der Waals surface area (Å²) in [6.45, 7) is 2.68. The van der Waals surface area contributed by atoms with Crippen molar-refractivity contribution in [3.63, 3.8) is 0 Å². The van der Waals surface area contributed by atoms with Gasteiger partial charge in [0.15, 0.2) is 0 Å². The molecule has 144 valence electrons. The molecule has 0 radical (unpaired) electrons. The number of amides is 1. The normalized spacial score (nSPS) is 16.5. The van der Waals surface area contributed by atoms with Gasteiger partial charge in [0.05, 0.1) is 10.6 Å². The van der Waals surface area contributed by atoms with E-state index in [2.05, 4.69) is 10.0 Å². The van der Waals surface area contributed by atoms with Gasteiger partial charge in [-0.25, -0.2) is 8.42 Å². The van der Waals surface area contributed by atoms with Crippen LogP contribution >= 0.6 is 0 Å². The Labute approximate surface area is 159 Å². The number of carbonyl (C=O) groups excluding carboxylic acids is 1. The molecule has 1 aliphatic heterocycles. The largest absolute Gasteiger partial charge is 0.381 e. The van der Waals surface area contributed by atoms with E-state index in [0.717, 1.165) is 5.56 Å². The molecule has 0 saturated carbocycles. The fourth-order valence-corrected chi connectivity index (χ4v) is 3.97. The number of benzene rings is 2. The molecule has 7 nitrogen and oxygen atoms in total. The minimum absolute atomic E-state index is 0.168. The molecular formula is C19H23N3O4S. The summed E-state index contributed by atoms with van der Waals surface area (Å²) in [5, 5.41) is 2.79. The number of hydrogen-bond donors (Lipinski definition) is 3. The summed E-state index contributed by atoms with van der Waals surface area (Å²) in [6.07, 6.45) is 0.885. The third-order valence-corrected chi connectivity index (χ3v) is 6.01. The standard InChI is InChI=1S/C19H23N3O4S/c1-14-7-8-15(21-18(23)19(20)9-11-26-12-10-19)13-17(14)22-27(24,25)16-5-3-2-4-6-16/h2-8,13,22H,9-12,20H2,1H3,(H,21,23). The fourth-order valence-electron chi connectivity index (χ4n) is 2.83. The summed E-state index contributed by atoms with van der Waals surface area (Å²) in [4.78, 5) is 12.7. The highest BCUT2D eigenvalue weighted by molar-refractivity contribution is 7.92. The molecule has 2 aromatic rings. The first kappa shape index (κ1) is 19.3. The Kier molecular flexibility index (Phi) is 5.50. The van der Waals surface area contributed by atoms with E-state index in [9.17, 15) is 13.2 Å². The lowest BCUT2D eigenvalue weighted by atomic mass is 9.90. The molecule has 0 spiro atoms. The van der Waals surface area contributed by atoms with Gasteiger partial charge < -0.3 is 15.8 Å². The number of sulfonamides is 1. The highest BCUT2D eigenvalue weighted by atomic mass is 32.2. The van der Waals surface area contributed by atoms with Gasteiger partial charge in [-0.3, -0.25) is 9.52 Å². The van der Waals surface area contributed by atoms with Crippen molar-refractivity contribution in [3.8, 4) is 0 Å². The maximum absolute atomic E-state index is 12.6. The zero-order chi connectivity index (χ0) is 19.5. The van der Waals surface area contributed by atoms with E-state index in [-0.39, 0.29) is 10.8 Å². The quantitative estimate of drug-likeness (QED) is 0.726. The van der Waals surface area contributed by atoms with Crippen molar-refractivity contribution in [2.45, 2.75) is 30.2 Å². The summed E-state index contributed by atoms with van der Waals surface area (Å²) in [6, 6.07) is 13.2. The number of nitrogens with two attached hydrogens (primary N) is 1. The number of ether oxygens (including phenoxy) is 1. The van der Waals surface area contributed by atoms with Crippen LogP contribution in [0.3, 0.4) is 0 Å². The zero-order valence-electron chi connectivity index (χ0n) is 15.1. The lowest BCUT2D eigenvalue weighted by Gasteiger charge is -2.31. The Morgan fingerprint density at radius 1 is 1.11 bits per heavy atom. The average Bonchev–Trinajstić information content (AvgIpc) is 2.65. The second kappa shape index (κ2) is 7.67. The van der Waals surface area contributed by atoms with Gasteiger partial charge in [-0.05, 0) is 49.6 Å². The zero-order valence-corrected chi connectivity index (χ0v) is 15.9. The summed E-state index contributed by atoms with van der Waals surface area (Å²) in [7, 11) is -3.72. The Bertz CT molecular complexity index is 923. The van der Waals surface area contributed by atoms with Crippen molar-refractivity contribution in [2.75, 3.05) is 23.3 Å². The van der Waals surface area contributed by atoms with Crippen LogP contribution in [0.1, 0.15) is 18.4 Å². The van der Waals surface area contributed by atoms with Crippen molar-refractivity contribution in [2.24, 2.45) is 5.73 Å². The molecule has 1 heterocycles. The van der Waals surface area contributed by atoms with Crippen LogP contribution in [0.15, 0.2) is 53.4 Å². The third kappa shape index (κ3) is 4.47. The molecular weight excluding hydrogens is 366 g/mol. The number of hydrogen-bond acceptors (Lipinski definition) is 5. The molecule has 0 bridgehead atoms. The van der Waals surface area contributed by atoms with E-state index in [1.807, 2.05) is 0 Å². The summed E-state index contributed by atoms with van der Waals surface area (Å²) in [5.41, 5.74) is 6.83. The van der Waals surface area contributed by atoms with Crippen molar-refractivity contribution in [1.29, 1.82) is 0 Å². The van der Waals surface area contributed by atoms with Crippen molar-refractivity contribution >= 4 is 27.3 Å². The van der Waals surface area contributed by atoms with Gasteiger partial charge in [-0.2, -0.15) is 0 Å². The first-order valence-corrected chi connectivity index (χ1v) is 10.2. The van der Waals surface area contributed by atoms with Gasteiger partial charge in [0, 0.05) is 18.9 Å². The SMILES string of the molecule is Cc1ccc(NC(=O)C2(N)CCOCC2)cc1NS(=O)(=O)c1ccccc1. The van der Waals surface area contributed by atoms with E-state index in [1.165, 1.54) is 12.1 Å². The average molecular weight is 389 g/mol. The van der Waals surface area contributed by atoms with E-state index in [1.54, 1.807) is 43.3 Å². The van der Waals surface area contributed by atoms with Gasteiger partial charge in [0.2, 0.25) is 5.91 Å². The maximum atomic E-state index is 12.6. The Balaban J connectivity index is 1.79. The molecule has 3 rings (SSSR count). The lowest BCUT2D eigenvalue weighted by molar-refractivity contribution is -0.124. The molecule has 2 aromatic carbocycles. The highest BCUT2D eigenvalue weighted by Crippen LogP contribution is 2.25. The van der Waals surface area contributed by atoms with Gasteiger partial charge >= 0.3 is 0 Å². The van der Waals surface area contributed by atoms with Gasteiger partial charge in [0.1, 0.15) is 5.54 Å². The van der Waals surface area contributed by atoms with Gasteiger partial charge in [-0.15, -0.1) is 0 Å². The van der Waals surface area contributed by atoms with E-state index in [0.29, 0.717) is 37.4 Å². The number of anilines is 2. The van der Waals surface area contributed by atoms with Crippen LogP contribution in [-0.2, 0) is 19.6 Å². The molecule has 4 N–H and O–H groups in total. The first-order valence-electron chi connectivity index (χ1n) is 8.67. The molecule has 1 amide bonds. The van der Waals surface area contributed by atoms with Crippen LogP contribution < -0.4 is 15.8 Å². The number of nitrogens with one attached hydrogen (secondary N) is 2. The van der Waals surface area contributed by atoms with Crippen LogP contribution in [-0.4, -0.2) is 33.1 Å². The lowest BCUT2D eigenvalue weighted by Crippen LogP contribution is -2.54.